The topological polar surface area (TPSA) is 216 Å². The summed E-state index contributed by atoms with van der Waals surface area (Å²) in [5, 5.41) is 2.27. The molecule has 262 valence electrons. The van der Waals surface area contributed by atoms with Crippen LogP contribution < -0.4 is 5.32 Å². The highest BCUT2D eigenvalue weighted by atomic mass is 16.7. The van der Waals surface area contributed by atoms with Crippen LogP contribution >= 0.6 is 0 Å². The molecule has 0 bridgehead atoms. The molecular weight excluding hydrogens is 628 g/mol. The van der Waals surface area contributed by atoms with Crippen LogP contribution in [-0.4, -0.2) is 109 Å². The molecule has 2 aliphatic heterocycles. The normalized spacial score (nSPS) is 30.2. The van der Waals surface area contributed by atoms with Gasteiger partial charge in [-0.15, -0.1) is 0 Å². The first-order valence-corrected chi connectivity index (χ1v) is 14.8. The third-order valence-corrected chi connectivity index (χ3v) is 9.28. The van der Waals surface area contributed by atoms with Gasteiger partial charge < -0.3 is 33.2 Å². The van der Waals surface area contributed by atoms with Crippen molar-refractivity contribution in [1.29, 1.82) is 0 Å². The van der Waals surface area contributed by atoms with Crippen LogP contribution in [0.3, 0.4) is 0 Å². The summed E-state index contributed by atoms with van der Waals surface area (Å²) in [5.74, 6) is -7.12. The van der Waals surface area contributed by atoms with E-state index >= 15 is 0 Å². The fourth-order valence-electron chi connectivity index (χ4n) is 6.75. The number of hydrogen-bond acceptors (Lipinski definition) is 15. The molecule has 0 radical (unpaired) electrons. The fraction of sp³-hybridized carbons (Fsp3) is 0.733. The lowest BCUT2D eigenvalue weighted by Gasteiger charge is -2.70. The van der Waals surface area contributed by atoms with Crippen molar-refractivity contribution in [1.82, 2.24) is 10.2 Å². The van der Waals surface area contributed by atoms with Gasteiger partial charge in [-0.25, -0.2) is 9.59 Å². The summed E-state index contributed by atoms with van der Waals surface area (Å²) in [6, 6.07) is -2.03. The zero-order chi connectivity index (χ0) is 35.8. The number of nitrogens with zero attached hydrogens (tertiary/aromatic N) is 1. The molecule has 3 rings (SSSR count). The predicted molar refractivity (Wildman–Crippen MR) is 153 cm³/mol. The maximum Gasteiger partial charge on any atom is 0.360 e. The van der Waals surface area contributed by atoms with Gasteiger partial charge in [0, 0.05) is 41.0 Å². The molecule has 1 saturated carbocycles. The Kier molecular flexibility index (Phi) is 10.6. The molecule has 8 atom stereocenters. The predicted octanol–water partition coefficient (Wildman–Crippen LogP) is 0.537. The standard InChI is InChI=1S/C30H42N2O15/c1-13(33)42-12-19(44-15(3)35)22(46-17(5)37)23-21(45-16(4)36)18(43-14(2)34)11-30(47-23,26(39)41-10)32-24-20(25(38)31-27(32)40)28(6,7)29(24,8)9/h18-24H,11-12H2,1-10H3,(H,31,38,40)/t18-,19+,20+,21+,22+,23+,24+,30+/m0/s1. The van der Waals surface area contributed by atoms with Crippen LogP contribution in [0, 0.1) is 16.7 Å². The zero-order valence-corrected chi connectivity index (χ0v) is 28.0. The average Bonchev–Trinajstić information content (AvgIpc) is 2.93. The van der Waals surface area contributed by atoms with E-state index in [-0.39, 0.29) is 0 Å². The molecule has 2 heterocycles. The van der Waals surface area contributed by atoms with Crippen LogP contribution in [0.4, 0.5) is 4.79 Å². The van der Waals surface area contributed by atoms with Crippen LogP contribution in [0.1, 0.15) is 68.7 Å². The number of urea groups is 1. The van der Waals surface area contributed by atoms with Crippen molar-refractivity contribution in [2.75, 3.05) is 13.7 Å². The minimum atomic E-state index is -2.53. The molecule has 17 heteroatoms. The number of imide groups is 1. The number of hydrogen-bond donors (Lipinski definition) is 1. The molecule has 3 amide bonds. The first-order chi connectivity index (χ1) is 21.6. The number of carbonyl (C=O) groups excluding carboxylic acids is 8. The molecule has 0 aromatic rings. The van der Waals surface area contributed by atoms with Gasteiger partial charge in [0.05, 0.1) is 19.1 Å². The molecule has 47 heavy (non-hydrogen) atoms. The monoisotopic (exact) mass is 670 g/mol. The first kappa shape index (κ1) is 37.2. The van der Waals surface area contributed by atoms with Gasteiger partial charge >= 0.3 is 41.8 Å². The Bertz CT molecular complexity index is 1340. The number of carbonyl (C=O) groups is 8. The lowest BCUT2D eigenvalue weighted by Crippen LogP contribution is -2.84. The van der Waals surface area contributed by atoms with Crippen LogP contribution in [0.25, 0.3) is 0 Å². The van der Waals surface area contributed by atoms with Crippen molar-refractivity contribution >= 4 is 47.8 Å². The number of esters is 6. The molecule has 0 unspecified atom stereocenters. The number of amides is 3. The molecule has 1 N–H and O–H groups in total. The van der Waals surface area contributed by atoms with E-state index in [9.17, 15) is 38.4 Å². The maximum atomic E-state index is 14.0. The van der Waals surface area contributed by atoms with E-state index in [0.29, 0.717) is 0 Å². The van der Waals surface area contributed by atoms with E-state index in [1.165, 1.54) is 0 Å². The highest BCUT2D eigenvalue weighted by molar-refractivity contribution is 6.02. The van der Waals surface area contributed by atoms with E-state index in [2.05, 4.69) is 5.32 Å². The number of methoxy groups -OCH3 is 1. The van der Waals surface area contributed by atoms with Gasteiger partial charge in [0.25, 0.3) is 0 Å². The van der Waals surface area contributed by atoms with Crippen molar-refractivity contribution in [3.63, 3.8) is 0 Å². The summed E-state index contributed by atoms with van der Waals surface area (Å²) in [6.45, 7) is 11.7. The molecule has 3 aliphatic rings. The minimum absolute atomic E-state index is 0.587. The van der Waals surface area contributed by atoms with Crippen LogP contribution in [0.15, 0.2) is 0 Å². The Balaban J connectivity index is 2.35. The maximum absolute atomic E-state index is 14.0. The van der Waals surface area contributed by atoms with Crippen LogP contribution in [-0.2, 0) is 66.7 Å². The van der Waals surface area contributed by atoms with E-state index in [4.69, 9.17) is 33.2 Å². The van der Waals surface area contributed by atoms with E-state index in [1.54, 1.807) is 13.8 Å². The Morgan fingerprint density at radius 1 is 0.851 bits per heavy atom. The summed E-state index contributed by atoms with van der Waals surface area (Å²) in [4.78, 5) is 103. The Morgan fingerprint density at radius 2 is 1.43 bits per heavy atom. The van der Waals surface area contributed by atoms with Crippen molar-refractivity contribution in [3.05, 3.63) is 0 Å². The Morgan fingerprint density at radius 3 is 1.91 bits per heavy atom. The molecule has 0 spiro atoms. The third-order valence-electron chi connectivity index (χ3n) is 9.28. The fourth-order valence-corrected chi connectivity index (χ4v) is 6.75. The first-order valence-electron chi connectivity index (χ1n) is 14.8. The molecule has 17 nitrogen and oxygen atoms in total. The second kappa shape index (κ2) is 13.4. The van der Waals surface area contributed by atoms with Gasteiger partial charge in [-0.05, 0) is 10.8 Å². The molecule has 0 aromatic carbocycles. The van der Waals surface area contributed by atoms with Crippen molar-refractivity contribution < 1.29 is 71.5 Å². The summed E-state index contributed by atoms with van der Waals surface area (Å²) >= 11 is 0. The Labute approximate surface area is 271 Å². The second-order valence-corrected chi connectivity index (χ2v) is 12.8. The number of rotatable bonds is 10. The molecule has 2 saturated heterocycles. The SMILES string of the molecule is COC(=O)[C@@]1(N2C(=O)NC(=O)[C@H]3[C@@H]2C(C)(C)C3(C)C)C[C@H](OC(C)=O)[C@@H](OC(C)=O)[C@H]([C@H](OC(C)=O)[C@@H](COC(C)=O)OC(C)=O)O1. The minimum Gasteiger partial charge on any atom is -0.465 e. The smallest absolute Gasteiger partial charge is 0.360 e. The zero-order valence-electron chi connectivity index (χ0n) is 28.0. The average molecular weight is 671 g/mol. The van der Waals surface area contributed by atoms with E-state index < -0.39 is 120 Å². The molecule has 1 aliphatic carbocycles. The van der Waals surface area contributed by atoms with Crippen molar-refractivity contribution in [3.8, 4) is 0 Å². The number of fused-ring (bicyclic) bond motifs is 1. The van der Waals surface area contributed by atoms with Gasteiger partial charge in [0.2, 0.25) is 11.6 Å². The molecule has 3 fully saturated rings. The van der Waals surface area contributed by atoms with Gasteiger partial charge in [0.1, 0.15) is 18.8 Å². The lowest BCUT2D eigenvalue weighted by atomic mass is 9.42. The van der Waals surface area contributed by atoms with Gasteiger partial charge in [0.15, 0.2) is 18.3 Å². The largest absolute Gasteiger partial charge is 0.465 e. The summed E-state index contributed by atoms with van der Waals surface area (Å²) in [6.07, 6.45) is -9.25. The Hall–Kier alpha value is -4.28. The summed E-state index contributed by atoms with van der Waals surface area (Å²) in [7, 11) is 1.01. The third kappa shape index (κ3) is 6.89. The molecular formula is C30H42N2O15. The molecule has 0 aromatic heterocycles. The van der Waals surface area contributed by atoms with E-state index in [1.807, 2.05) is 13.8 Å². The highest BCUT2D eigenvalue weighted by Crippen LogP contribution is 2.64. The summed E-state index contributed by atoms with van der Waals surface area (Å²) < 4.78 is 38.6. The van der Waals surface area contributed by atoms with Crippen LogP contribution in [0.5, 0.6) is 0 Å². The van der Waals surface area contributed by atoms with Gasteiger partial charge in [-0.2, -0.15) is 0 Å². The lowest BCUT2D eigenvalue weighted by molar-refractivity contribution is -0.313. The second-order valence-electron chi connectivity index (χ2n) is 12.8. The highest BCUT2D eigenvalue weighted by Gasteiger charge is 2.75. The van der Waals surface area contributed by atoms with Gasteiger partial charge in [-0.3, -0.25) is 39.0 Å². The van der Waals surface area contributed by atoms with Crippen LogP contribution in [0.2, 0.25) is 0 Å². The number of ether oxygens (including phenoxy) is 7. The van der Waals surface area contributed by atoms with E-state index in [0.717, 1.165) is 46.6 Å². The quantitative estimate of drug-likeness (QED) is 0.248. The van der Waals surface area contributed by atoms with Crippen molar-refractivity contribution in [2.45, 2.75) is 111 Å². The van der Waals surface area contributed by atoms with Crippen molar-refractivity contribution in [2.24, 2.45) is 16.7 Å². The number of nitrogens with one attached hydrogen (secondary N) is 1. The van der Waals surface area contributed by atoms with Gasteiger partial charge in [-0.1, -0.05) is 27.7 Å². The summed E-state index contributed by atoms with van der Waals surface area (Å²) in [5.41, 5.74) is -4.07.